The molecule has 0 amide bonds. The third kappa shape index (κ3) is 23.0. The van der Waals surface area contributed by atoms with Crippen LogP contribution in [0.2, 0.25) is 0 Å². The second kappa shape index (κ2) is 33.1. The Kier molecular flexibility index (Phi) is 30.8. The largest absolute Gasteiger partial charge is 1.00 e. The van der Waals surface area contributed by atoms with Gasteiger partial charge in [0.25, 0.3) is 0 Å². The fourth-order valence-electron chi connectivity index (χ4n) is 8.70. The standard InChI is InChI=1S/C27H38N6O5S2.C10H21NO.C9H18O.CH2BClF2.FH.K/c1-17(2)38-20-6-8-32(9-7-20)16-21-18(3)39-25-23(29-27(30-24(21)25)33-10-12-37-13-11-33)19-14-22(31-40(5,34)35)26(36-4)28-15-19;1-4-11-7-5-10(6-8-11)12-9(2)3;1-8(2)10-9-6-4-3-5-7-9;3-1-2(4)5;;/h14-15,17,20,31H,6-13,16H2,1-5H3;9-10H,4-8H2,1-3H3;8-9H,3-7H2,1-2H3;1H2;1H;/q;;;;;+1. The van der Waals surface area contributed by atoms with Crippen molar-refractivity contribution >= 4 is 62.1 Å². The fraction of sp³-hybridized carbons (Fsp3) is 0.766. The molecule has 0 bridgehead atoms. The monoisotopic (exact) mass is 1060 g/mol. The minimum Gasteiger partial charge on any atom is -1.00 e. The summed E-state index contributed by atoms with van der Waals surface area (Å²) in [4.78, 5) is 22.1. The Hall–Kier alpha value is -0.919. The van der Waals surface area contributed by atoms with E-state index in [1.54, 1.807) is 28.5 Å². The van der Waals surface area contributed by atoms with Crippen molar-refractivity contribution in [2.45, 2.75) is 156 Å². The van der Waals surface area contributed by atoms with Crippen molar-refractivity contribution in [1.29, 1.82) is 0 Å². The Bertz CT molecular complexity index is 2010. The van der Waals surface area contributed by atoms with Crippen molar-refractivity contribution in [3.8, 4) is 17.1 Å². The predicted molar refractivity (Wildman–Crippen MR) is 270 cm³/mol. The van der Waals surface area contributed by atoms with Crippen molar-refractivity contribution in [3.05, 3.63) is 22.7 Å². The van der Waals surface area contributed by atoms with Gasteiger partial charge in [-0.1, -0.05) is 19.3 Å². The summed E-state index contributed by atoms with van der Waals surface area (Å²) in [7, 11) is -4.43. The third-order valence-corrected chi connectivity index (χ3v) is 13.8. The van der Waals surface area contributed by atoms with Crippen LogP contribution in [0.1, 0.15) is 117 Å². The Labute approximate surface area is 463 Å². The Balaban J connectivity index is 0.000000457. The van der Waals surface area contributed by atoms with Gasteiger partial charge in [0.05, 0.1) is 105 Å². The van der Waals surface area contributed by atoms with Crippen LogP contribution in [0.4, 0.5) is 20.3 Å². The number of fused-ring (bicyclic) bond motifs is 1. The first-order chi connectivity index (χ1) is 31.9. The maximum Gasteiger partial charge on any atom is 1.00 e. The summed E-state index contributed by atoms with van der Waals surface area (Å²) >= 11 is 6.25. The quantitative estimate of drug-likeness (QED) is 0.170. The Morgan fingerprint density at radius 2 is 1.43 bits per heavy atom. The number of thiophene rings is 1. The number of likely N-dealkylation sites (tertiary alicyclic amines) is 2. The van der Waals surface area contributed by atoms with E-state index < -0.39 is 23.1 Å². The molecule has 0 spiro atoms. The molecule has 4 fully saturated rings. The molecule has 1 saturated carbocycles. The van der Waals surface area contributed by atoms with Gasteiger partial charge in [-0.2, -0.15) is 0 Å². The van der Waals surface area contributed by atoms with Crippen molar-refractivity contribution in [2.75, 3.05) is 87.8 Å². The number of rotatable bonds is 15. The van der Waals surface area contributed by atoms with E-state index in [1.807, 2.05) is 0 Å². The molecule has 7 rings (SSSR count). The summed E-state index contributed by atoms with van der Waals surface area (Å²) in [5.74, 6) is 0.281. The van der Waals surface area contributed by atoms with Crippen LogP contribution < -0.4 is 75.3 Å². The van der Waals surface area contributed by atoms with E-state index in [9.17, 15) is 17.0 Å². The number of piperidine rings is 2. The van der Waals surface area contributed by atoms with E-state index >= 15 is 0 Å². The van der Waals surface area contributed by atoms with Gasteiger partial charge < -0.3 is 38.2 Å². The van der Waals surface area contributed by atoms with E-state index in [4.69, 9.17) is 33.7 Å². The number of nitrogens with zero attached hydrogens (tertiary/aromatic N) is 5. The molecule has 0 radical (unpaired) electrons. The van der Waals surface area contributed by atoms with Gasteiger partial charge in [0.2, 0.25) is 21.9 Å². The summed E-state index contributed by atoms with van der Waals surface area (Å²) in [6.07, 6.45) is 16.6. The van der Waals surface area contributed by atoms with Crippen LogP contribution in [-0.4, -0.2) is 150 Å². The molecule has 1 aliphatic carbocycles. The summed E-state index contributed by atoms with van der Waals surface area (Å²) in [5.41, 5.74) is 3.82. The number of sulfonamides is 1. The van der Waals surface area contributed by atoms with Crippen molar-refractivity contribution < 1.29 is 102 Å². The van der Waals surface area contributed by atoms with Gasteiger partial charge in [0.15, 0.2) is 0 Å². The van der Waals surface area contributed by atoms with Crippen LogP contribution in [0.15, 0.2) is 12.3 Å². The zero-order chi connectivity index (χ0) is 49.1. The molecule has 22 heteroatoms. The average molecular weight is 1060 g/mol. The van der Waals surface area contributed by atoms with Crippen molar-refractivity contribution in [1.82, 2.24) is 19.9 Å². The molecule has 3 aliphatic heterocycles. The number of nitrogens with one attached hydrogen (secondary N) is 2. The molecule has 14 nitrogen and oxygen atoms in total. The number of hydrogen-bond acceptors (Lipinski definition) is 13. The van der Waals surface area contributed by atoms with Crippen LogP contribution in [0.3, 0.4) is 0 Å². The van der Waals surface area contributed by atoms with Gasteiger partial charge in [0.1, 0.15) is 5.69 Å². The minimum absolute atomic E-state index is 0. The molecule has 69 heavy (non-hydrogen) atoms. The minimum atomic E-state index is -3.54. The first kappa shape index (κ1) is 64.2. The van der Waals surface area contributed by atoms with Gasteiger partial charge in [-0.15, -0.1) is 22.9 Å². The van der Waals surface area contributed by atoms with Crippen LogP contribution in [0.5, 0.6) is 5.88 Å². The molecule has 3 saturated heterocycles. The number of aromatic nitrogens is 3. The zero-order valence-electron chi connectivity index (χ0n) is 43.3. The van der Waals surface area contributed by atoms with E-state index in [0.29, 0.717) is 68.3 Å². The Morgan fingerprint density at radius 1 is 0.899 bits per heavy atom. The molecule has 0 atom stereocenters. The number of quaternary nitrogens is 1. The number of morpholine rings is 1. The maximum atomic E-state index is 12.1. The molecule has 4 aliphatic rings. The Morgan fingerprint density at radius 3 is 1.93 bits per heavy atom. The van der Waals surface area contributed by atoms with Gasteiger partial charge in [-0.3, -0.25) is 18.3 Å². The topological polar surface area (TPSA) is 142 Å². The van der Waals surface area contributed by atoms with E-state index in [0.717, 1.165) is 54.6 Å². The maximum absolute atomic E-state index is 12.1. The molecule has 388 valence electrons. The third-order valence-electron chi connectivity index (χ3n) is 11.8. The molecule has 0 aromatic carbocycles. The molecular formula is C47H80BClF3KN7O7S2+. The number of halogens is 4. The normalized spacial score (nSPS) is 19.3. The average Bonchev–Trinajstić information content (AvgIpc) is 3.60. The first-order valence-electron chi connectivity index (χ1n) is 24.4. The number of anilines is 2. The van der Waals surface area contributed by atoms with E-state index in [-0.39, 0.29) is 73.8 Å². The number of ether oxygens (including phenoxy) is 5. The number of aryl methyl sites for hydroxylation is 1. The van der Waals surface area contributed by atoms with Crippen molar-refractivity contribution in [3.63, 3.8) is 0 Å². The molecule has 2 N–H and O–H groups in total. The number of methoxy groups -OCH3 is 1. The molecule has 3 aromatic heterocycles. The molecule has 6 heterocycles. The van der Waals surface area contributed by atoms with Crippen LogP contribution in [0, 0.1) is 6.92 Å². The summed E-state index contributed by atoms with van der Waals surface area (Å²) < 4.78 is 77.3. The smallest absolute Gasteiger partial charge is 1.00 e. The van der Waals surface area contributed by atoms with Crippen molar-refractivity contribution in [2.24, 2.45) is 0 Å². The summed E-state index contributed by atoms with van der Waals surface area (Å²) in [5, 5.41) is 0. The number of hydrogen-bond donors (Lipinski definition) is 2. The van der Waals surface area contributed by atoms with E-state index in [2.05, 4.69) is 86.5 Å². The number of alkyl halides is 1. The predicted octanol–water partition coefficient (Wildman–Crippen LogP) is 2.09. The number of pyridine rings is 1. The zero-order valence-corrected chi connectivity index (χ0v) is 48.8. The summed E-state index contributed by atoms with van der Waals surface area (Å²) in [6.45, 7) is 26.3. The van der Waals surface area contributed by atoms with Gasteiger partial charge >= 0.3 is 58.7 Å². The SMILES string of the molecule is CC(C)OC1CCCCC1.CC[NH+]1CCC(OC(C)C)CC1.COc1ncc(-c2nc(N3CCOCC3)nc3c(CN4CCC(OC(C)C)CC4)c(C)sc23)cc1NS(C)(=O)=O.FB(F)CCl.[F-].[K+]. The second-order valence-electron chi connectivity index (χ2n) is 18.6. The molecule has 3 aromatic rings. The van der Waals surface area contributed by atoms with E-state index in [1.165, 1.54) is 82.1 Å². The van der Waals surface area contributed by atoms with Crippen LogP contribution in [-0.2, 0) is 35.5 Å². The summed E-state index contributed by atoms with van der Waals surface area (Å²) in [6, 6.07) is 1.73. The fourth-order valence-corrected chi connectivity index (χ4v) is 10.4. The van der Waals surface area contributed by atoms with Gasteiger partial charge in [-0.25, -0.2) is 23.4 Å². The van der Waals surface area contributed by atoms with Crippen LogP contribution >= 0.6 is 22.9 Å². The molecule has 0 unspecified atom stereocenters. The first-order valence-corrected chi connectivity index (χ1v) is 27.6. The van der Waals surface area contributed by atoms with Gasteiger partial charge in [-0.05, 0) is 87.1 Å². The van der Waals surface area contributed by atoms with Crippen LogP contribution in [0.25, 0.3) is 21.5 Å². The molecular weight excluding hydrogens is 981 g/mol. The second-order valence-corrected chi connectivity index (χ2v) is 21.9. The van der Waals surface area contributed by atoms with Gasteiger partial charge in [0, 0.05) is 67.8 Å².